The summed E-state index contributed by atoms with van der Waals surface area (Å²) in [4.78, 5) is 31.2. The van der Waals surface area contributed by atoms with Crippen molar-refractivity contribution in [3.8, 4) is 5.69 Å². The third-order valence-electron chi connectivity index (χ3n) is 7.87. The van der Waals surface area contributed by atoms with Crippen LogP contribution in [0.3, 0.4) is 0 Å². The Hall–Kier alpha value is -3.54. The molecule has 3 amide bonds. The van der Waals surface area contributed by atoms with Gasteiger partial charge in [0, 0.05) is 18.3 Å². The molecule has 0 bridgehead atoms. The van der Waals surface area contributed by atoms with E-state index < -0.39 is 0 Å². The summed E-state index contributed by atoms with van der Waals surface area (Å²) in [5.41, 5.74) is 5.16. The summed E-state index contributed by atoms with van der Waals surface area (Å²) in [7, 11) is 0. The number of para-hydroxylation sites is 2. The maximum atomic E-state index is 14.2. The number of urea groups is 1. The molecule has 2 aromatic carbocycles. The van der Waals surface area contributed by atoms with E-state index in [1.165, 1.54) is 12.0 Å². The first-order valence-electron chi connectivity index (χ1n) is 13.3. The van der Waals surface area contributed by atoms with Crippen molar-refractivity contribution in [2.24, 2.45) is 0 Å². The van der Waals surface area contributed by atoms with Gasteiger partial charge in [-0.05, 0) is 62.4 Å². The van der Waals surface area contributed by atoms with Crippen LogP contribution >= 0.6 is 0 Å². The van der Waals surface area contributed by atoms with Gasteiger partial charge < -0.3 is 14.8 Å². The van der Waals surface area contributed by atoms with E-state index in [9.17, 15) is 9.59 Å². The first-order chi connectivity index (χ1) is 17.6. The molecule has 1 atom stereocenters. The number of hydrogen-bond donors (Lipinski definition) is 1. The van der Waals surface area contributed by atoms with Gasteiger partial charge in [-0.1, -0.05) is 61.2 Å². The Bertz CT molecular complexity index is 1250. The van der Waals surface area contributed by atoms with Crippen LogP contribution in [0.25, 0.3) is 5.69 Å². The number of nitrogens with one attached hydrogen (secondary N) is 1. The summed E-state index contributed by atoms with van der Waals surface area (Å²) in [5.74, 6) is -0.0498. The molecule has 2 saturated carbocycles. The molecule has 3 aromatic rings. The Morgan fingerprint density at radius 2 is 1.61 bits per heavy atom. The number of aromatic nitrogens is 1. The molecule has 2 heterocycles. The number of carbonyl (C=O) groups is 2. The van der Waals surface area contributed by atoms with E-state index in [0.29, 0.717) is 0 Å². The number of nitrogens with zero attached hydrogens (tertiary/aromatic N) is 3. The molecule has 0 radical (unpaired) electrons. The SMILES string of the molecule is Cc1ccc(C2c3cccn3-c3ccccc3N2C(=O)CN(C(=O)NC2CCCCC2)C2CC2)cc1. The molecule has 1 unspecified atom stereocenters. The maximum absolute atomic E-state index is 14.2. The summed E-state index contributed by atoms with van der Waals surface area (Å²) >= 11 is 0. The lowest BCUT2D eigenvalue weighted by Gasteiger charge is -2.39. The van der Waals surface area contributed by atoms with Gasteiger partial charge in [-0.2, -0.15) is 0 Å². The topological polar surface area (TPSA) is 57.6 Å². The van der Waals surface area contributed by atoms with Crippen LogP contribution in [-0.2, 0) is 4.79 Å². The Morgan fingerprint density at radius 1 is 0.889 bits per heavy atom. The number of anilines is 1. The molecule has 1 N–H and O–H groups in total. The zero-order valence-corrected chi connectivity index (χ0v) is 20.9. The minimum Gasteiger partial charge on any atom is -0.335 e. The molecule has 0 saturated heterocycles. The van der Waals surface area contributed by atoms with Crippen LogP contribution in [-0.4, -0.2) is 40.0 Å². The molecule has 6 heteroatoms. The highest BCUT2D eigenvalue weighted by Crippen LogP contribution is 2.42. The van der Waals surface area contributed by atoms with Crippen molar-refractivity contribution < 1.29 is 9.59 Å². The van der Waals surface area contributed by atoms with Gasteiger partial charge in [0.05, 0.1) is 17.1 Å². The third kappa shape index (κ3) is 4.29. The van der Waals surface area contributed by atoms with E-state index in [2.05, 4.69) is 59.4 Å². The normalized spacial score (nSPS) is 19.4. The molecule has 2 fully saturated rings. The standard InChI is InChI=1S/C30H34N4O2/c1-21-13-15-22(16-14-21)29-27-12-7-19-32(27)25-10-5-6-11-26(25)34(29)28(35)20-33(24-17-18-24)30(36)31-23-8-3-2-4-9-23/h5-7,10-16,19,23-24,29H,2-4,8-9,17-18,20H2,1H3,(H,31,36). The van der Waals surface area contributed by atoms with Crippen LogP contribution in [0.1, 0.15) is 67.8 Å². The predicted molar refractivity (Wildman–Crippen MR) is 141 cm³/mol. The van der Waals surface area contributed by atoms with E-state index in [1.54, 1.807) is 4.90 Å². The van der Waals surface area contributed by atoms with Gasteiger partial charge in [0.25, 0.3) is 0 Å². The van der Waals surface area contributed by atoms with Crippen molar-refractivity contribution in [2.75, 3.05) is 11.4 Å². The van der Waals surface area contributed by atoms with Crippen LogP contribution < -0.4 is 10.2 Å². The Balaban J connectivity index is 1.34. The van der Waals surface area contributed by atoms with Crippen molar-refractivity contribution in [3.05, 3.63) is 83.7 Å². The van der Waals surface area contributed by atoms with Crippen molar-refractivity contribution in [1.29, 1.82) is 0 Å². The lowest BCUT2D eigenvalue weighted by molar-refractivity contribution is -0.119. The van der Waals surface area contributed by atoms with Crippen molar-refractivity contribution in [3.63, 3.8) is 0 Å². The number of amides is 3. The van der Waals surface area contributed by atoms with E-state index in [4.69, 9.17) is 0 Å². The summed E-state index contributed by atoms with van der Waals surface area (Å²) in [6.07, 6.45) is 9.62. The van der Waals surface area contributed by atoms with E-state index >= 15 is 0 Å². The number of rotatable bonds is 5. The predicted octanol–water partition coefficient (Wildman–Crippen LogP) is 5.73. The van der Waals surface area contributed by atoms with Crippen LogP contribution in [0.2, 0.25) is 0 Å². The molecule has 6 rings (SSSR count). The molecular formula is C30H34N4O2. The van der Waals surface area contributed by atoms with E-state index in [0.717, 1.165) is 61.2 Å². The summed E-state index contributed by atoms with van der Waals surface area (Å²) in [6.45, 7) is 2.16. The molecule has 1 aliphatic heterocycles. The van der Waals surface area contributed by atoms with Gasteiger partial charge in [-0.3, -0.25) is 9.69 Å². The van der Waals surface area contributed by atoms with Gasteiger partial charge in [-0.15, -0.1) is 0 Å². The van der Waals surface area contributed by atoms with Crippen LogP contribution in [0.15, 0.2) is 66.9 Å². The average molecular weight is 483 g/mol. The number of benzene rings is 2. The van der Waals surface area contributed by atoms with Crippen LogP contribution in [0.5, 0.6) is 0 Å². The Labute approximate surface area is 212 Å². The fourth-order valence-corrected chi connectivity index (χ4v) is 5.81. The molecule has 0 spiro atoms. The molecule has 2 aliphatic carbocycles. The molecule has 1 aromatic heterocycles. The monoisotopic (exact) mass is 482 g/mol. The quantitative estimate of drug-likeness (QED) is 0.505. The number of aryl methyl sites for hydroxylation is 1. The van der Waals surface area contributed by atoms with Crippen molar-refractivity contribution in [2.45, 2.75) is 70.0 Å². The van der Waals surface area contributed by atoms with Crippen LogP contribution in [0, 0.1) is 6.92 Å². The fourth-order valence-electron chi connectivity index (χ4n) is 5.81. The fraction of sp³-hybridized carbons (Fsp3) is 0.400. The number of carbonyl (C=O) groups excluding carboxylic acids is 2. The zero-order valence-electron chi connectivity index (χ0n) is 20.9. The lowest BCUT2D eigenvalue weighted by Crippen LogP contribution is -2.51. The minimum atomic E-state index is -0.259. The molecular weight excluding hydrogens is 448 g/mol. The number of fused-ring (bicyclic) bond motifs is 3. The highest BCUT2D eigenvalue weighted by molar-refractivity contribution is 6.00. The first kappa shape index (κ1) is 22.9. The highest BCUT2D eigenvalue weighted by atomic mass is 16.2. The maximum Gasteiger partial charge on any atom is 0.318 e. The second-order valence-corrected chi connectivity index (χ2v) is 10.5. The first-order valence-corrected chi connectivity index (χ1v) is 13.3. The van der Waals surface area contributed by atoms with Crippen molar-refractivity contribution in [1.82, 2.24) is 14.8 Å². The Morgan fingerprint density at radius 3 is 2.33 bits per heavy atom. The minimum absolute atomic E-state index is 0.0498. The van der Waals surface area contributed by atoms with Gasteiger partial charge in [0.2, 0.25) is 5.91 Å². The number of hydrogen-bond acceptors (Lipinski definition) is 2. The molecule has 6 nitrogen and oxygen atoms in total. The van der Waals surface area contributed by atoms with Gasteiger partial charge in [0.1, 0.15) is 12.6 Å². The average Bonchev–Trinajstić information content (AvgIpc) is 3.62. The van der Waals surface area contributed by atoms with Gasteiger partial charge in [-0.25, -0.2) is 4.79 Å². The summed E-state index contributed by atoms with van der Waals surface area (Å²) in [5, 5.41) is 3.24. The third-order valence-corrected chi connectivity index (χ3v) is 7.87. The van der Waals surface area contributed by atoms with E-state index in [1.807, 2.05) is 29.2 Å². The second kappa shape index (κ2) is 9.49. The second-order valence-electron chi connectivity index (χ2n) is 10.5. The van der Waals surface area contributed by atoms with Gasteiger partial charge in [0.15, 0.2) is 0 Å². The van der Waals surface area contributed by atoms with Gasteiger partial charge >= 0.3 is 6.03 Å². The smallest absolute Gasteiger partial charge is 0.318 e. The molecule has 186 valence electrons. The van der Waals surface area contributed by atoms with E-state index in [-0.39, 0.29) is 36.6 Å². The summed E-state index contributed by atoms with van der Waals surface area (Å²) in [6, 6.07) is 20.6. The Kier molecular flexibility index (Phi) is 6.04. The highest BCUT2D eigenvalue weighted by Gasteiger charge is 2.40. The molecule has 36 heavy (non-hydrogen) atoms. The van der Waals surface area contributed by atoms with Crippen molar-refractivity contribution >= 4 is 17.6 Å². The lowest BCUT2D eigenvalue weighted by atomic mass is 9.96. The zero-order chi connectivity index (χ0) is 24.6. The largest absolute Gasteiger partial charge is 0.335 e. The summed E-state index contributed by atoms with van der Waals surface area (Å²) < 4.78 is 2.18. The molecule has 3 aliphatic rings. The van der Waals surface area contributed by atoms with Crippen LogP contribution in [0.4, 0.5) is 10.5 Å².